The Bertz CT molecular complexity index is 913. The quantitative estimate of drug-likeness (QED) is 0.767. The molecule has 2 aromatic carbocycles. The molecule has 1 aromatic heterocycles. The van der Waals surface area contributed by atoms with Crippen LogP contribution in [0.25, 0.3) is 11.5 Å². The number of aromatic nitrogens is 2. The maximum absolute atomic E-state index is 13.3. The summed E-state index contributed by atoms with van der Waals surface area (Å²) < 4.78 is 18.7. The number of nitrogens with one attached hydrogen (secondary N) is 1. The average Bonchev–Trinajstić information content (AvgIpc) is 3.04. The Morgan fingerprint density at radius 2 is 1.84 bits per heavy atom. The van der Waals surface area contributed by atoms with Crippen LogP contribution in [0, 0.1) is 5.82 Å². The SMILES string of the molecule is CC(C)(C)c1ccccc1NC(=O)c1nnc(-c2cccc(F)c2)o1. The lowest BCUT2D eigenvalue weighted by molar-refractivity contribution is 0.0990. The molecule has 0 fully saturated rings. The molecule has 1 heterocycles. The topological polar surface area (TPSA) is 68.0 Å². The minimum atomic E-state index is -0.508. The number of carbonyl (C=O) groups is 1. The Morgan fingerprint density at radius 3 is 2.56 bits per heavy atom. The van der Waals surface area contributed by atoms with Crippen LogP contribution in [0.2, 0.25) is 0 Å². The summed E-state index contributed by atoms with van der Waals surface area (Å²) in [5.41, 5.74) is 1.96. The van der Waals surface area contributed by atoms with E-state index in [9.17, 15) is 9.18 Å². The van der Waals surface area contributed by atoms with Crippen molar-refractivity contribution in [2.24, 2.45) is 0 Å². The van der Waals surface area contributed by atoms with Gasteiger partial charge in [0.25, 0.3) is 0 Å². The van der Waals surface area contributed by atoms with Gasteiger partial charge in [0.05, 0.1) is 0 Å². The van der Waals surface area contributed by atoms with Crippen LogP contribution in [0.15, 0.2) is 52.9 Å². The summed E-state index contributed by atoms with van der Waals surface area (Å²) in [6, 6.07) is 13.3. The van der Waals surface area contributed by atoms with E-state index in [0.29, 0.717) is 11.3 Å². The number of para-hydroxylation sites is 1. The number of halogens is 1. The molecule has 0 aliphatic carbocycles. The molecular formula is C19H18FN3O2. The fourth-order valence-electron chi connectivity index (χ4n) is 2.48. The Labute approximate surface area is 144 Å². The first-order valence-electron chi connectivity index (χ1n) is 7.85. The van der Waals surface area contributed by atoms with E-state index in [2.05, 4.69) is 36.3 Å². The molecule has 5 nitrogen and oxygen atoms in total. The molecule has 0 aliphatic heterocycles. The summed E-state index contributed by atoms with van der Waals surface area (Å²) in [5.74, 6) is -1.01. The number of benzene rings is 2. The van der Waals surface area contributed by atoms with Crippen LogP contribution in [-0.4, -0.2) is 16.1 Å². The van der Waals surface area contributed by atoms with Gasteiger partial charge >= 0.3 is 11.8 Å². The van der Waals surface area contributed by atoms with Gasteiger partial charge in [-0.05, 0) is 35.2 Å². The fraction of sp³-hybridized carbons (Fsp3) is 0.211. The molecule has 0 atom stereocenters. The average molecular weight is 339 g/mol. The van der Waals surface area contributed by atoms with Crippen molar-refractivity contribution in [1.82, 2.24) is 10.2 Å². The van der Waals surface area contributed by atoms with Gasteiger partial charge in [-0.2, -0.15) is 0 Å². The second-order valence-corrected chi connectivity index (χ2v) is 6.67. The van der Waals surface area contributed by atoms with E-state index >= 15 is 0 Å². The van der Waals surface area contributed by atoms with Crippen molar-refractivity contribution in [2.45, 2.75) is 26.2 Å². The predicted octanol–water partition coefficient (Wildman–Crippen LogP) is 4.43. The number of anilines is 1. The van der Waals surface area contributed by atoms with Gasteiger partial charge in [-0.3, -0.25) is 4.79 Å². The van der Waals surface area contributed by atoms with Crippen LogP contribution in [0.4, 0.5) is 10.1 Å². The molecular weight excluding hydrogens is 321 g/mol. The van der Waals surface area contributed by atoms with E-state index in [-0.39, 0.29) is 17.2 Å². The smallest absolute Gasteiger partial charge is 0.313 e. The minimum Gasteiger partial charge on any atom is -0.412 e. The fourth-order valence-corrected chi connectivity index (χ4v) is 2.48. The number of rotatable bonds is 3. The molecule has 0 aliphatic rings. The molecule has 1 amide bonds. The summed E-state index contributed by atoms with van der Waals surface area (Å²) in [5, 5.41) is 10.4. The first kappa shape index (κ1) is 16.8. The van der Waals surface area contributed by atoms with Gasteiger partial charge in [0, 0.05) is 11.3 Å². The van der Waals surface area contributed by atoms with Crippen molar-refractivity contribution in [3.05, 3.63) is 65.8 Å². The maximum Gasteiger partial charge on any atom is 0.313 e. The zero-order valence-corrected chi connectivity index (χ0v) is 14.2. The van der Waals surface area contributed by atoms with E-state index in [1.165, 1.54) is 18.2 Å². The highest BCUT2D eigenvalue weighted by atomic mass is 19.1. The molecule has 0 saturated heterocycles. The van der Waals surface area contributed by atoms with Gasteiger partial charge in [0.1, 0.15) is 5.82 Å². The second kappa shape index (κ2) is 6.47. The number of amides is 1. The minimum absolute atomic E-state index is 0.0914. The van der Waals surface area contributed by atoms with Gasteiger partial charge in [-0.1, -0.05) is 45.0 Å². The predicted molar refractivity (Wildman–Crippen MR) is 92.8 cm³/mol. The third-order valence-corrected chi connectivity index (χ3v) is 3.67. The van der Waals surface area contributed by atoms with Crippen molar-refractivity contribution in [3.8, 4) is 11.5 Å². The molecule has 0 bridgehead atoms. The monoisotopic (exact) mass is 339 g/mol. The highest BCUT2D eigenvalue weighted by Gasteiger charge is 2.21. The van der Waals surface area contributed by atoms with E-state index < -0.39 is 11.7 Å². The van der Waals surface area contributed by atoms with Crippen LogP contribution >= 0.6 is 0 Å². The Hall–Kier alpha value is -3.02. The van der Waals surface area contributed by atoms with Crippen molar-refractivity contribution in [2.75, 3.05) is 5.32 Å². The normalized spacial score (nSPS) is 11.4. The lowest BCUT2D eigenvalue weighted by atomic mass is 9.86. The maximum atomic E-state index is 13.3. The summed E-state index contributed by atoms with van der Waals surface area (Å²) >= 11 is 0. The molecule has 0 spiro atoms. The van der Waals surface area contributed by atoms with Crippen molar-refractivity contribution in [3.63, 3.8) is 0 Å². The zero-order chi connectivity index (χ0) is 18.0. The van der Waals surface area contributed by atoms with Gasteiger partial charge in [-0.15, -0.1) is 10.2 Å². The van der Waals surface area contributed by atoms with E-state index in [1.54, 1.807) is 6.07 Å². The lowest BCUT2D eigenvalue weighted by Gasteiger charge is -2.22. The number of nitrogens with zero attached hydrogens (tertiary/aromatic N) is 2. The first-order valence-corrected chi connectivity index (χ1v) is 7.85. The molecule has 25 heavy (non-hydrogen) atoms. The Kier molecular flexibility index (Phi) is 4.35. The van der Waals surface area contributed by atoms with Crippen molar-refractivity contribution in [1.29, 1.82) is 0 Å². The number of hydrogen-bond acceptors (Lipinski definition) is 4. The van der Waals surface area contributed by atoms with E-state index in [4.69, 9.17) is 4.42 Å². The van der Waals surface area contributed by atoms with Crippen molar-refractivity contribution < 1.29 is 13.6 Å². The standard InChI is InChI=1S/C19H18FN3O2/c1-19(2,3)14-9-4-5-10-15(14)21-16(24)18-23-22-17(25-18)12-7-6-8-13(20)11-12/h4-11H,1-3H3,(H,21,24). The molecule has 0 saturated carbocycles. The summed E-state index contributed by atoms with van der Waals surface area (Å²) in [6.45, 7) is 6.19. The summed E-state index contributed by atoms with van der Waals surface area (Å²) in [7, 11) is 0. The third-order valence-electron chi connectivity index (χ3n) is 3.67. The highest BCUT2D eigenvalue weighted by Crippen LogP contribution is 2.29. The van der Waals surface area contributed by atoms with E-state index in [1.807, 2.05) is 24.3 Å². The van der Waals surface area contributed by atoms with Gasteiger partial charge in [0.15, 0.2) is 0 Å². The third kappa shape index (κ3) is 3.74. The lowest BCUT2D eigenvalue weighted by Crippen LogP contribution is -2.18. The molecule has 1 N–H and O–H groups in total. The van der Waals surface area contributed by atoms with Crippen LogP contribution in [-0.2, 0) is 5.41 Å². The largest absolute Gasteiger partial charge is 0.412 e. The van der Waals surface area contributed by atoms with Crippen LogP contribution in [0.1, 0.15) is 37.0 Å². The number of carbonyl (C=O) groups excluding carboxylic acids is 1. The van der Waals surface area contributed by atoms with Crippen LogP contribution in [0.5, 0.6) is 0 Å². The summed E-state index contributed by atoms with van der Waals surface area (Å²) in [4.78, 5) is 12.4. The van der Waals surface area contributed by atoms with Crippen LogP contribution < -0.4 is 5.32 Å². The first-order chi connectivity index (χ1) is 11.8. The van der Waals surface area contributed by atoms with Gasteiger partial charge in [-0.25, -0.2) is 4.39 Å². The van der Waals surface area contributed by atoms with Crippen LogP contribution in [0.3, 0.4) is 0 Å². The molecule has 3 aromatic rings. The molecule has 0 unspecified atom stereocenters. The molecule has 3 rings (SSSR count). The van der Waals surface area contributed by atoms with Gasteiger partial charge < -0.3 is 9.73 Å². The second-order valence-electron chi connectivity index (χ2n) is 6.67. The Morgan fingerprint density at radius 1 is 1.08 bits per heavy atom. The molecule has 6 heteroatoms. The van der Waals surface area contributed by atoms with Crippen molar-refractivity contribution >= 4 is 11.6 Å². The Balaban J connectivity index is 1.84. The number of hydrogen-bond donors (Lipinski definition) is 1. The van der Waals surface area contributed by atoms with Gasteiger partial charge in [0.2, 0.25) is 5.89 Å². The zero-order valence-electron chi connectivity index (χ0n) is 14.2. The van der Waals surface area contributed by atoms with E-state index in [0.717, 1.165) is 5.56 Å². The molecule has 0 radical (unpaired) electrons. The summed E-state index contributed by atoms with van der Waals surface area (Å²) in [6.07, 6.45) is 0. The molecule has 128 valence electrons. The highest BCUT2D eigenvalue weighted by molar-refractivity contribution is 6.01.